The van der Waals surface area contributed by atoms with Gasteiger partial charge in [0.05, 0.1) is 29.4 Å². The maximum atomic E-state index is 12.6. The smallest absolute Gasteiger partial charge is 0.272 e. The summed E-state index contributed by atoms with van der Waals surface area (Å²) < 4.78 is 0. The Kier molecular flexibility index (Phi) is 11.1. The first-order valence-corrected chi connectivity index (χ1v) is 13.4. The highest BCUT2D eigenvalue weighted by atomic mass is 32.1. The number of aromatic nitrogens is 3. The van der Waals surface area contributed by atoms with Crippen LogP contribution in [0.3, 0.4) is 0 Å². The summed E-state index contributed by atoms with van der Waals surface area (Å²) in [5.74, 6) is -3.10. The third-order valence-corrected chi connectivity index (χ3v) is 6.66. The molecule has 16 nitrogen and oxygen atoms in total. The van der Waals surface area contributed by atoms with E-state index in [0.717, 1.165) is 0 Å². The zero-order valence-electron chi connectivity index (χ0n) is 22.6. The number of aliphatic imine (C=N–C) groups is 1. The van der Waals surface area contributed by atoms with Crippen molar-refractivity contribution >= 4 is 52.0 Å². The number of benzene rings is 1. The minimum absolute atomic E-state index is 0.00783. The Balaban J connectivity index is 1.57. The number of guanidine groups is 1. The second-order valence-electron chi connectivity index (χ2n) is 8.86. The Morgan fingerprint density at radius 3 is 2.45 bits per heavy atom. The maximum absolute atomic E-state index is 12.6. The number of nitrogens with zero attached hydrogens (tertiary/aromatic N) is 3. The van der Waals surface area contributed by atoms with Crippen LogP contribution in [-0.4, -0.2) is 76.4 Å². The van der Waals surface area contributed by atoms with Crippen LogP contribution in [0, 0.1) is 6.92 Å². The molecule has 3 aromatic rings. The van der Waals surface area contributed by atoms with Gasteiger partial charge in [0.1, 0.15) is 6.04 Å². The Hall–Kier alpha value is -5.32. The van der Waals surface area contributed by atoms with Crippen molar-refractivity contribution in [1.29, 1.82) is 0 Å². The van der Waals surface area contributed by atoms with E-state index < -0.39 is 42.8 Å². The lowest BCUT2D eigenvalue weighted by atomic mass is 10.1. The van der Waals surface area contributed by atoms with E-state index in [-0.39, 0.29) is 30.5 Å². The van der Waals surface area contributed by atoms with Crippen molar-refractivity contribution in [1.82, 2.24) is 31.1 Å². The van der Waals surface area contributed by atoms with Crippen molar-refractivity contribution in [2.75, 3.05) is 25.0 Å². The molecule has 42 heavy (non-hydrogen) atoms. The third kappa shape index (κ3) is 9.40. The number of primary amides is 1. The lowest BCUT2D eigenvalue weighted by Crippen LogP contribution is -2.50. The van der Waals surface area contributed by atoms with E-state index in [9.17, 15) is 24.0 Å². The highest BCUT2D eigenvalue weighted by Gasteiger charge is 2.22. The molecule has 5 amide bonds. The zero-order chi connectivity index (χ0) is 30.6. The lowest BCUT2D eigenvalue weighted by molar-refractivity contribution is -0.129. The summed E-state index contributed by atoms with van der Waals surface area (Å²) in [6, 6.07) is 9.16. The van der Waals surface area contributed by atoms with E-state index in [2.05, 4.69) is 41.4 Å². The molecule has 1 aromatic carbocycles. The molecule has 0 radical (unpaired) electrons. The monoisotopic (exact) mass is 597 g/mol. The Morgan fingerprint density at radius 1 is 1.02 bits per heavy atom. The molecule has 0 fully saturated rings. The number of H-pyrrole nitrogens is 1. The summed E-state index contributed by atoms with van der Waals surface area (Å²) in [7, 11) is 0. The van der Waals surface area contributed by atoms with E-state index in [4.69, 9.17) is 17.2 Å². The number of nitrogens with one attached hydrogen (secondary N) is 5. The number of carbonyl (C=O) groups excluding carboxylic acids is 5. The SMILES string of the molecule is Cc1nc(NC(=O)c2ccccc2)sc1-c1cc(C(=O)NCC(=O)N[C@H](CCCN=C(N)N)C(=O)NCC(N)=O)n[nH]1. The van der Waals surface area contributed by atoms with Crippen LogP contribution < -0.4 is 38.5 Å². The predicted molar refractivity (Wildman–Crippen MR) is 155 cm³/mol. The number of nitrogens with two attached hydrogens (primary N) is 3. The van der Waals surface area contributed by atoms with Crippen LogP contribution in [0.4, 0.5) is 5.13 Å². The topological polar surface area (TPSA) is 265 Å². The van der Waals surface area contributed by atoms with Gasteiger partial charge in [-0.2, -0.15) is 5.10 Å². The van der Waals surface area contributed by atoms with Crippen LogP contribution in [0.2, 0.25) is 0 Å². The molecule has 222 valence electrons. The first-order valence-electron chi connectivity index (χ1n) is 12.6. The van der Waals surface area contributed by atoms with Crippen molar-refractivity contribution in [3.63, 3.8) is 0 Å². The summed E-state index contributed by atoms with van der Waals surface area (Å²) >= 11 is 1.20. The Bertz CT molecular complexity index is 1460. The normalized spacial score (nSPS) is 11.2. The first kappa shape index (κ1) is 31.2. The molecular formula is C25H31N11O5S. The average molecular weight is 598 g/mol. The van der Waals surface area contributed by atoms with E-state index in [1.165, 1.54) is 17.4 Å². The minimum Gasteiger partial charge on any atom is -0.370 e. The van der Waals surface area contributed by atoms with Crippen molar-refractivity contribution in [2.45, 2.75) is 25.8 Å². The van der Waals surface area contributed by atoms with Crippen molar-refractivity contribution < 1.29 is 24.0 Å². The Morgan fingerprint density at radius 2 is 1.76 bits per heavy atom. The van der Waals surface area contributed by atoms with Gasteiger partial charge in [0.25, 0.3) is 11.8 Å². The molecular weight excluding hydrogens is 566 g/mol. The van der Waals surface area contributed by atoms with Crippen molar-refractivity contribution in [3.05, 3.63) is 53.3 Å². The molecule has 0 aliphatic heterocycles. The number of rotatable bonds is 14. The molecule has 0 aliphatic carbocycles. The predicted octanol–water partition coefficient (Wildman–Crippen LogP) is -1.04. The van der Waals surface area contributed by atoms with Gasteiger partial charge in [0, 0.05) is 12.1 Å². The van der Waals surface area contributed by atoms with Gasteiger partial charge in [-0.15, -0.1) is 0 Å². The fraction of sp³-hybridized carbons (Fsp3) is 0.280. The number of thiazole rings is 1. The molecule has 2 aromatic heterocycles. The van der Waals surface area contributed by atoms with E-state index in [1.807, 2.05) is 6.07 Å². The van der Waals surface area contributed by atoms with Crippen molar-refractivity contribution in [3.8, 4) is 10.6 Å². The van der Waals surface area contributed by atoms with Gasteiger partial charge in [-0.1, -0.05) is 29.5 Å². The summed E-state index contributed by atoms with van der Waals surface area (Å²) in [5.41, 5.74) is 17.2. The molecule has 1 atom stereocenters. The molecule has 0 unspecified atom stereocenters. The molecule has 3 rings (SSSR count). The maximum Gasteiger partial charge on any atom is 0.272 e. The van der Waals surface area contributed by atoms with Crippen LogP contribution in [0.1, 0.15) is 39.4 Å². The third-order valence-electron chi connectivity index (χ3n) is 5.55. The fourth-order valence-corrected chi connectivity index (χ4v) is 4.51. The van der Waals surface area contributed by atoms with E-state index in [0.29, 0.717) is 33.4 Å². The van der Waals surface area contributed by atoms with Gasteiger partial charge in [-0.3, -0.25) is 39.4 Å². The van der Waals surface area contributed by atoms with Crippen LogP contribution in [0.25, 0.3) is 10.6 Å². The molecule has 0 aliphatic rings. The molecule has 0 saturated heterocycles. The number of amides is 5. The first-order chi connectivity index (χ1) is 20.0. The molecule has 0 bridgehead atoms. The molecule has 0 spiro atoms. The van der Waals surface area contributed by atoms with Crippen LogP contribution in [-0.2, 0) is 14.4 Å². The summed E-state index contributed by atoms with van der Waals surface area (Å²) in [4.78, 5) is 69.9. The number of aromatic amines is 1. The highest BCUT2D eigenvalue weighted by Crippen LogP contribution is 2.32. The second kappa shape index (κ2) is 14.9. The van der Waals surface area contributed by atoms with Gasteiger partial charge < -0.3 is 33.2 Å². The molecule has 2 heterocycles. The van der Waals surface area contributed by atoms with E-state index >= 15 is 0 Å². The minimum atomic E-state index is -1.02. The Labute approximate surface area is 243 Å². The molecule has 0 saturated carbocycles. The van der Waals surface area contributed by atoms with Gasteiger partial charge in [0.2, 0.25) is 17.7 Å². The van der Waals surface area contributed by atoms with Crippen molar-refractivity contribution in [2.24, 2.45) is 22.2 Å². The number of carbonyl (C=O) groups is 5. The zero-order valence-corrected chi connectivity index (χ0v) is 23.4. The van der Waals surface area contributed by atoms with Gasteiger partial charge in [-0.25, -0.2) is 4.98 Å². The largest absolute Gasteiger partial charge is 0.370 e. The highest BCUT2D eigenvalue weighted by molar-refractivity contribution is 7.19. The van der Waals surface area contributed by atoms with E-state index in [1.54, 1.807) is 31.2 Å². The van der Waals surface area contributed by atoms with Crippen LogP contribution >= 0.6 is 11.3 Å². The number of anilines is 1. The average Bonchev–Trinajstić information content (AvgIpc) is 3.58. The molecule has 17 heteroatoms. The standard InChI is InChI=1S/C25H31N11O5S/c1-13-20(42-25(32-13)34-21(39)14-6-3-2-4-7-14)16-10-17(36-35-16)23(41)31-12-19(38)33-15(8-5-9-29-24(27)28)22(40)30-11-18(26)37/h2-4,6-7,10,15H,5,8-9,11-12H2,1H3,(H2,26,37)(H,30,40)(H,31,41)(H,33,38)(H,35,36)(H4,27,28,29)(H,32,34,39)/t15-/m1/s1. The van der Waals surface area contributed by atoms with Gasteiger partial charge >= 0.3 is 0 Å². The quantitative estimate of drug-likeness (QED) is 0.0640. The summed E-state index contributed by atoms with van der Waals surface area (Å²) in [6.45, 7) is 1.11. The second-order valence-corrected chi connectivity index (χ2v) is 9.86. The number of aryl methyl sites for hydroxylation is 1. The van der Waals surface area contributed by atoms with Gasteiger partial charge in [0.15, 0.2) is 16.8 Å². The number of hydrogen-bond acceptors (Lipinski definition) is 9. The summed E-state index contributed by atoms with van der Waals surface area (Å²) in [5, 5.41) is 17.2. The number of hydrogen-bond donors (Lipinski definition) is 8. The summed E-state index contributed by atoms with van der Waals surface area (Å²) in [6.07, 6.45) is 0.510. The van der Waals surface area contributed by atoms with Crippen LogP contribution in [0.5, 0.6) is 0 Å². The van der Waals surface area contributed by atoms with Crippen LogP contribution in [0.15, 0.2) is 41.4 Å². The lowest BCUT2D eigenvalue weighted by Gasteiger charge is -2.18. The molecule has 11 N–H and O–H groups in total. The van der Waals surface area contributed by atoms with Gasteiger partial charge in [-0.05, 0) is 38.0 Å². The fourth-order valence-electron chi connectivity index (χ4n) is 3.58.